The molecular formula is C18H21N. The molecule has 19 heavy (non-hydrogen) atoms. The fraction of sp³-hybridized carbons (Fsp3) is 0.222. The summed E-state index contributed by atoms with van der Waals surface area (Å²) in [5.74, 6) is 0. The van der Waals surface area contributed by atoms with Crippen LogP contribution in [0.2, 0.25) is 0 Å². The summed E-state index contributed by atoms with van der Waals surface area (Å²) >= 11 is 0. The van der Waals surface area contributed by atoms with Crippen LogP contribution in [0.25, 0.3) is 21.5 Å². The second-order valence-corrected chi connectivity index (χ2v) is 4.50. The number of hydrogen-bond acceptors (Lipinski definition) is 1. The van der Waals surface area contributed by atoms with Gasteiger partial charge in [-0.25, -0.2) is 0 Å². The fourth-order valence-corrected chi connectivity index (χ4v) is 2.13. The Bertz CT molecular complexity index is 536. The van der Waals surface area contributed by atoms with E-state index in [0.717, 1.165) is 13.1 Å². The van der Waals surface area contributed by atoms with Crippen LogP contribution in [0, 0.1) is 0 Å². The summed E-state index contributed by atoms with van der Waals surface area (Å²) in [6.07, 6.45) is 0. The van der Waals surface area contributed by atoms with Crippen molar-refractivity contribution in [3.05, 3.63) is 60.7 Å². The van der Waals surface area contributed by atoms with Gasteiger partial charge in [-0.15, -0.1) is 0 Å². The van der Waals surface area contributed by atoms with Crippen molar-refractivity contribution in [2.45, 2.75) is 13.8 Å². The zero-order valence-corrected chi connectivity index (χ0v) is 11.7. The number of hydrogen-bond donors (Lipinski definition) is 1. The first-order chi connectivity index (χ1) is 9.35. The van der Waals surface area contributed by atoms with Crippen molar-refractivity contribution in [2.24, 2.45) is 0 Å². The summed E-state index contributed by atoms with van der Waals surface area (Å²) in [6.45, 7) is 6.39. The maximum absolute atomic E-state index is 3.11. The summed E-state index contributed by atoms with van der Waals surface area (Å²) in [5.41, 5.74) is 0. The molecule has 0 spiro atoms. The molecule has 0 saturated heterocycles. The maximum Gasteiger partial charge on any atom is -0.00775 e. The molecule has 0 radical (unpaired) electrons. The Balaban J connectivity index is 0.000000232. The zero-order chi connectivity index (χ0) is 13.5. The molecule has 0 fully saturated rings. The highest BCUT2D eigenvalue weighted by molar-refractivity contribution is 5.98. The predicted molar refractivity (Wildman–Crippen MR) is 85.7 cm³/mol. The molecule has 0 aliphatic heterocycles. The van der Waals surface area contributed by atoms with Gasteiger partial charge in [0.05, 0.1) is 0 Å². The Labute approximate surface area is 115 Å². The molecule has 98 valence electrons. The minimum absolute atomic E-state index is 1.09. The lowest BCUT2D eigenvalue weighted by molar-refractivity contribution is 0.762. The number of benzene rings is 3. The van der Waals surface area contributed by atoms with Gasteiger partial charge in [0.15, 0.2) is 0 Å². The molecule has 0 atom stereocenters. The molecule has 0 unspecified atom stereocenters. The maximum atomic E-state index is 3.11. The average molecular weight is 251 g/mol. The third-order valence-corrected chi connectivity index (χ3v) is 3.11. The van der Waals surface area contributed by atoms with Crippen LogP contribution in [0.5, 0.6) is 0 Å². The van der Waals surface area contributed by atoms with Gasteiger partial charge in [0.1, 0.15) is 0 Å². The molecule has 3 aromatic rings. The van der Waals surface area contributed by atoms with Crippen LogP contribution in [0.1, 0.15) is 13.8 Å². The van der Waals surface area contributed by atoms with Gasteiger partial charge in [0.25, 0.3) is 0 Å². The van der Waals surface area contributed by atoms with Gasteiger partial charge in [0.2, 0.25) is 0 Å². The molecule has 0 saturated carbocycles. The molecule has 1 nitrogen and oxygen atoms in total. The van der Waals surface area contributed by atoms with E-state index in [0.29, 0.717) is 0 Å². The summed E-state index contributed by atoms with van der Waals surface area (Å²) in [7, 11) is 0. The van der Waals surface area contributed by atoms with Gasteiger partial charge in [-0.3, -0.25) is 0 Å². The van der Waals surface area contributed by atoms with Crippen molar-refractivity contribution in [2.75, 3.05) is 13.1 Å². The van der Waals surface area contributed by atoms with E-state index in [1.165, 1.54) is 21.5 Å². The van der Waals surface area contributed by atoms with Crippen LogP contribution < -0.4 is 5.32 Å². The third-order valence-electron chi connectivity index (χ3n) is 3.11. The van der Waals surface area contributed by atoms with Crippen molar-refractivity contribution < 1.29 is 0 Å². The van der Waals surface area contributed by atoms with Crippen LogP contribution in [0.15, 0.2) is 60.7 Å². The summed E-state index contributed by atoms with van der Waals surface area (Å²) in [5, 5.41) is 8.36. The van der Waals surface area contributed by atoms with E-state index in [-0.39, 0.29) is 0 Å². The van der Waals surface area contributed by atoms with Gasteiger partial charge >= 0.3 is 0 Å². The van der Waals surface area contributed by atoms with Crippen LogP contribution in [-0.2, 0) is 0 Å². The monoisotopic (exact) mass is 251 g/mol. The Morgan fingerprint density at radius 2 is 0.947 bits per heavy atom. The largest absolute Gasteiger partial charge is 0.317 e. The average Bonchev–Trinajstić information content (AvgIpc) is 2.46. The molecular weight excluding hydrogens is 230 g/mol. The smallest absolute Gasteiger partial charge is 0.00775 e. The van der Waals surface area contributed by atoms with E-state index < -0.39 is 0 Å². The summed E-state index contributed by atoms with van der Waals surface area (Å²) < 4.78 is 0. The molecule has 0 aliphatic carbocycles. The van der Waals surface area contributed by atoms with E-state index in [2.05, 4.69) is 79.8 Å². The molecule has 0 amide bonds. The Kier molecular flexibility index (Phi) is 4.93. The van der Waals surface area contributed by atoms with Crippen LogP contribution >= 0.6 is 0 Å². The topological polar surface area (TPSA) is 12.0 Å². The molecule has 3 aromatic carbocycles. The normalized spacial score (nSPS) is 10.2. The van der Waals surface area contributed by atoms with Crippen molar-refractivity contribution in [1.82, 2.24) is 5.32 Å². The molecule has 0 bridgehead atoms. The van der Waals surface area contributed by atoms with E-state index in [9.17, 15) is 0 Å². The number of nitrogens with one attached hydrogen (secondary N) is 1. The highest BCUT2D eigenvalue weighted by atomic mass is 14.8. The lowest BCUT2D eigenvalue weighted by atomic mass is 10.0. The number of rotatable bonds is 2. The van der Waals surface area contributed by atoms with Crippen LogP contribution in [0.4, 0.5) is 0 Å². The van der Waals surface area contributed by atoms with Gasteiger partial charge in [-0.05, 0) is 46.8 Å². The minimum atomic E-state index is 1.09. The SMILES string of the molecule is CCNCC.c1ccc2cc3ccccc3cc2c1. The molecule has 0 heterocycles. The van der Waals surface area contributed by atoms with Crippen molar-refractivity contribution in [1.29, 1.82) is 0 Å². The second kappa shape index (κ2) is 6.91. The summed E-state index contributed by atoms with van der Waals surface area (Å²) in [4.78, 5) is 0. The van der Waals surface area contributed by atoms with Crippen molar-refractivity contribution in [3.63, 3.8) is 0 Å². The highest BCUT2D eigenvalue weighted by Gasteiger charge is 1.95. The minimum Gasteiger partial charge on any atom is -0.317 e. The Morgan fingerprint density at radius 1 is 0.632 bits per heavy atom. The lowest BCUT2D eigenvalue weighted by Crippen LogP contribution is -2.09. The van der Waals surface area contributed by atoms with Gasteiger partial charge in [0, 0.05) is 0 Å². The highest BCUT2D eigenvalue weighted by Crippen LogP contribution is 2.21. The predicted octanol–water partition coefficient (Wildman–Crippen LogP) is 4.61. The van der Waals surface area contributed by atoms with E-state index in [4.69, 9.17) is 0 Å². The van der Waals surface area contributed by atoms with Crippen LogP contribution in [0.3, 0.4) is 0 Å². The van der Waals surface area contributed by atoms with E-state index in [1.54, 1.807) is 0 Å². The second-order valence-electron chi connectivity index (χ2n) is 4.50. The zero-order valence-electron chi connectivity index (χ0n) is 11.7. The lowest BCUT2D eigenvalue weighted by Gasteiger charge is -2.00. The fourth-order valence-electron chi connectivity index (χ4n) is 2.13. The van der Waals surface area contributed by atoms with Gasteiger partial charge < -0.3 is 5.32 Å². The Hall–Kier alpha value is -1.86. The first kappa shape index (κ1) is 13.6. The van der Waals surface area contributed by atoms with Crippen molar-refractivity contribution >= 4 is 21.5 Å². The Morgan fingerprint density at radius 3 is 1.16 bits per heavy atom. The molecule has 1 heteroatoms. The standard InChI is InChI=1S/C14H10.C4H11N/c1-2-6-12-10-14-8-4-3-7-13(14)9-11(12)5-1;1-3-5-4-2/h1-10H;5H,3-4H2,1-2H3. The van der Waals surface area contributed by atoms with Gasteiger partial charge in [-0.2, -0.15) is 0 Å². The third kappa shape index (κ3) is 3.55. The molecule has 0 aliphatic rings. The molecule has 0 aromatic heterocycles. The first-order valence-corrected chi connectivity index (χ1v) is 6.93. The quantitative estimate of drug-likeness (QED) is 0.656. The molecule has 3 rings (SSSR count). The number of fused-ring (bicyclic) bond motifs is 2. The first-order valence-electron chi connectivity index (χ1n) is 6.93. The van der Waals surface area contributed by atoms with Gasteiger partial charge in [-0.1, -0.05) is 62.4 Å². The van der Waals surface area contributed by atoms with Crippen LogP contribution in [-0.4, -0.2) is 13.1 Å². The van der Waals surface area contributed by atoms with Crippen molar-refractivity contribution in [3.8, 4) is 0 Å². The summed E-state index contributed by atoms with van der Waals surface area (Å²) in [6, 6.07) is 21.4. The van der Waals surface area contributed by atoms with E-state index >= 15 is 0 Å². The molecule has 1 N–H and O–H groups in total. The van der Waals surface area contributed by atoms with E-state index in [1.807, 2.05) is 0 Å².